The van der Waals surface area contributed by atoms with E-state index in [1.807, 2.05) is 0 Å². The number of anilines is 1. The van der Waals surface area contributed by atoms with Crippen molar-refractivity contribution in [2.24, 2.45) is 5.73 Å². The molecule has 92 valence electrons. The number of hydrogen-bond acceptors (Lipinski definition) is 7. The van der Waals surface area contributed by atoms with Crippen molar-refractivity contribution in [3.8, 4) is 0 Å². The van der Waals surface area contributed by atoms with Crippen molar-refractivity contribution in [1.82, 2.24) is 5.43 Å². The second-order valence-electron chi connectivity index (χ2n) is 3.11. The van der Waals surface area contributed by atoms with Gasteiger partial charge in [-0.05, 0) is 12.1 Å². The highest BCUT2D eigenvalue weighted by Crippen LogP contribution is 2.14. The lowest BCUT2D eigenvalue weighted by Gasteiger charge is -2.11. The summed E-state index contributed by atoms with van der Waals surface area (Å²) in [4.78, 5) is 19.7. The van der Waals surface area contributed by atoms with Gasteiger partial charge in [0, 0.05) is 22.7 Å². The maximum Gasteiger partial charge on any atom is 0.294 e. The van der Waals surface area contributed by atoms with Crippen molar-refractivity contribution in [3.63, 3.8) is 0 Å². The molecule has 0 aliphatic carbocycles. The van der Waals surface area contributed by atoms with Gasteiger partial charge < -0.3 is 11.2 Å². The van der Waals surface area contributed by atoms with Gasteiger partial charge >= 0.3 is 0 Å². The molecular formula is C8H11N5O4. The molecule has 0 heterocycles. The molecule has 9 nitrogen and oxygen atoms in total. The molecule has 0 radical (unpaired) electrons. The summed E-state index contributed by atoms with van der Waals surface area (Å²) in [6, 6.07) is 5.43. The van der Waals surface area contributed by atoms with E-state index < -0.39 is 16.0 Å². The van der Waals surface area contributed by atoms with Gasteiger partial charge in [-0.25, -0.2) is 0 Å². The van der Waals surface area contributed by atoms with E-state index in [4.69, 9.17) is 5.73 Å². The van der Waals surface area contributed by atoms with E-state index in [0.29, 0.717) is 5.69 Å². The Morgan fingerprint density at radius 1 is 1.24 bits per heavy atom. The Bertz CT molecular complexity index is 407. The summed E-state index contributed by atoms with van der Waals surface area (Å²) in [5, 5.41) is 20.8. The van der Waals surface area contributed by atoms with Crippen molar-refractivity contribution < 1.29 is 9.85 Å². The largest absolute Gasteiger partial charge is 0.323 e. The topological polar surface area (TPSA) is 136 Å². The van der Waals surface area contributed by atoms with Gasteiger partial charge in [0.15, 0.2) is 0 Å². The third kappa shape index (κ3) is 3.66. The lowest BCUT2D eigenvalue weighted by Crippen LogP contribution is -2.45. The van der Waals surface area contributed by atoms with Gasteiger partial charge in [-0.3, -0.25) is 20.2 Å². The standard InChI is InChI=1S/C8H11N5O4/c9-5-8(13(16)17)11-10-6-1-3-7(4-2-6)12(14)15/h1-4,8,10-11H,5,9H2. The summed E-state index contributed by atoms with van der Waals surface area (Å²) in [6.07, 6.45) is -1.12. The molecule has 0 saturated carbocycles. The van der Waals surface area contributed by atoms with Gasteiger partial charge in [-0.15, -0.1) is 0 Å². The van der Waals surface area contributed by atoms with Crippen LogP contribution in [0.25, 0.3) is 0 Å². The molecule has 0 spiro atoms. The fourth-order valence-electron chi connectivity index (χ4n) is 1.03. The van der Waals surface area contributed by atoms with Crippen LogP contribution >= 0.6 is 0 Å². The third-order valence-electron chi connectivity index (χ3n) is 1.94. The number of nitro groups is 2. The van der Waals surface area contributed by atoms with Crippen LogP contribution in [0.2, 0.25) is 0 Å². The van der Waals surface area contributed by atoms with Gasteiger partial charge in [0.25, 0.3) is 11.9 Å². The van der Waals surface area contributed by atoms with Gasteiger partial charge in [0.05, 0.1) is 11.5 Å². The number of nitrogens with zero attached hydrogens (tertiary/aromatic N) is 2. The van der Waals surface area contributed by atoms with Gasteiger partial charge in [0.2, 0.25) is 0 Å². The van der Waals surface area contributed by atoms with E-state index in [0.717, 1.165) is 0 Å². The average Bonchev–Trinajstić information content (AvgIpc) is 2.30. The average molecular weight is 241 g/mol. The number of rotatable bonds is 6. The fraction of sp³-hybridized carbons (Fsp3) is 0.250. The number of nitrogens with two attached hydrogens (primary N) is 1. The van der Waals surface area contributed by atoms with E-state index in [1.54, 1.807) is 0 Å². The zero-order valence-corrected chi connectivity index (χ0v) is 8.70. The lowest BCUT2D eigenvalue weighted by molar-refractivity contribution is -0.525. The quantitative estimate of drug-likeness (QED) is 0.364. The number of hydrazine groups is 1. The molecule has 4 N–H and O–H groups in total. The Hall–Kier alpha value is -2.26. The molecule has 9 heteroatoms. The van der Waals surface area contributed by atoms with E-state index in [1.165, 1.54) is 24.3 Å². The molecule has 0 aliphatic heterocycles. The van der Waals surface area contributed by atoms with E-state index in [-0.39, 0.29) is 12.2 Å². The summed E-state index contributed by atoms with van der Waals surface area (Å²) in [5.74, 6) is 0. The van der Waals surface area contributed by atoms with Gasteiger partial charge in [-0.1, -0.05) is 0 Å². The highest BCUT2D eigenvalue weighted by molar-refractivity contribution is 5.47. The summed E-state index contributed by atoms with van der Waals surface area (Å²) >= 11 is 0. The van der Waals surface area contributed by atoms with Crippen molar-refractivity contribution in [2.45, 2.75) is 6.17 Å². The molecule has 1 unspecified atom stereocenters. The van der Waals surface area contributed by atoms with E-state index >= 15 is 0 Å². The van der Waals surface area contributed by atoms with Crippen LogP contribution in [0.1, 0.15) is 0 Å². The van der Waals surface area contributed by atoms with Crippen molar-refractivity contribution >= 4 is 11.4 Å². The summed E-state index contributed by atoms with van der Waals surface area (Å²) in [5.41, 5.74) is 10.5. The molecule has 0 saturated heterocycles. The van der Waals surface area contributed by atoms with Crippen LogP contribution < -0.4 is 16.6 Å². The number of nitro benzene ring substituents is 1. The highest BCUT2D eigenvalue weighted by atomic mass is 16.6. The van der Waals surface area contributed by atoms with Gasteiger partial charge in [0.1, 0.15) is 0 Å². The molecule has 0 aliphatic rings. The molecule has 1 atom stereocenters. The smallest absolute Gasteiger partial charge is 0.294 e. The minimum atomic E-state index is -1.12. The Kier molecular flexibility index (Phi) is 4.31. The van der Waals surface area contributed by atoms with Crippen LogP contribution in [0, 0.1) is 20.2 Å². The number of nitrogens with one attached hydrogen (secondary N) is 2. The predicted molar refractivity (Wildman–Crippen MR) is 59.7 cm³/mol. The van der Waals surface area contributed by atoms with Crippen LogP contribution in [-0.2, 0) is 0 Å². The number of hydrogen-bond donors (Lipinski definition) is 3. The molecule has 0 fully saturated rings. The summed E-state index contributed by atoms with van der Waals surface area (Å²) in [6.45, 7) is -0.174. The second kappa shape index (κ2) is 5.72. The zero-order chi connectivity index (χ0) is 12.8. The molecule has 0 amide bonds. The first-order valence-electron chi connectivity index (χ1n) is 4.64. The number of benzene rings is 1. The Labute approximate surface area is 95.9 Å². The zero-order valence-electron chi connectivity index (χ0n) is 8.70. The Morgan fingerprint density at radius 3 is 2.24 bits per heavy atom. The van der Waals surface area contributed by atoms with Crippen molar-refractivity contribution in [2.75, 3.05) is 12.0 Å². The Morgan fingerprint density at radius 2 is 1.82 bits per heavy atom. The minimum absolute atomic E-state index is 0.0554. The summed E-state index contributed by atoms with van der Waals surface area (Å²) < 4.78 is 0. The fourth-order valence-corrected chi connectivity index (χ4v) is 1.03. The van der Waals surface area contributed by atoms with Crippen molar-refractivity contribution in [1.29, 1.82) is 0 Å². The molecule has 0 bridgehead atoms. The normalized spacial score (nSPS) is 11.8. The third-order valence-corrected chi connectivity index (χ3v) is 1.94. The summed E-state index contributed by atoms with van der Waals surface area (Å²) in [7, 11) is 0. The minimum Gasteiger partial charge on any atom is -0.323 e. The highest BCUT2D eigenvalue weighted by Gasteiger charge is 2.16. The van der Waals surface area contributed by atoms with E-state index in [9.17, 15) is 20.2 Å². The molecule has 17 heavy (non-hydrogen) atoms. The van der Waals surface area contributed by atoms with Crippen LogP contribution in [-0.4, -0.2) is 22.6 Å². The first kappa shape index (κ1) is 12.8. The van der Waals surface area contributed by atoms with E-state index in [2.05, 4.69) is 10.9 Å². The maximum atomic E-state index is 10.4. The maximum absolute atomic E-state index is 10.4. The van der Waals surface area contributed by atoms with Gasteiger partial charge in [-0.2, -0.15) is 5.43 Å². The lowest BCUT2D eigenvalue weighted by atomic mass is 10.3. The molecule has 1 aromatic rings. The first-order chi connectivity index (χ1) is 8.04. The molecule has 0 aromatic heterocycles. The molecule has 1 aromatic carbocycles. The van der Waals surface area contributed by atoms with Crippen LogP contribution in [0.4, 0.5) is 11.4 Å². The Balaban J connectivity index is 2.58. The SMILES string of the molecule is NCC(NNc1ccc([N+](=O)[O-])cc1)[N+](=O)[O-]. The molecule has 1 rings (SSSR count). The monoisotopic (exact) mass is 241 g/mol. The van der Waals surface area contributed by atoms with Crippen LogP contribution in [0.15, 0.2) is 24.3 Å². The van der Waals surface area contributed by atoms with Crippen LogP contribution in [0.3, 0.4) is 0 Å². The molecular weight excluding hydrogens is 230 g/mol. The second-order valence-corrected chi connectivity index (χ2v) is 3.11. The van der Waals surface area contributed by atoms with Crippen LogP contribution in [0.5, 0.6) is 0 Å². The number of non-ortho nitro benzene ring substituents is 1. The predicted octanol–water partition coefficient (Wildman–Crippen LogP) is 0.0728. The van der Waals surface area contributed by atoms with Crippen molar-refractivity contribution in [3.05, 3.63) is 44.5 Å². The first-order valence-corrected chi connectivity index (χ1v) is 4.64.